The lowest BCUT2D eigenvalue weighted by molar-refractivity contribution is 0.476. The minimum absolute atomic E-state index is 0.473. The van der Waals surface area contributed by atoms with Gasteiger partial charge in [-0.3, -0.25) is 0 Å². The molecular formula is C42H26O2. The summed E-state index contributed by atoms with van der Waals surface area (Å²) in [6.45, 7) is 0. The summed E-state index contributed by atoms with van der Waals surface area (Å²) in [5, 5.41) is 6.27. The molecule has 1 N–H and O–H groups in total. The van der Waals surface area contributed by atoms with Gasteiger partial charge in [-0.15, -0.1) is 0 Å². The first-order valence-electron chi connectivity index (χ1n) is 25.4. The van der Waals surface area contributed by atoms with Crippen molar-refractivity contribution >= 4 is 54.3 Å². The van der Waals surface area contributed by atoms with E-state index in [2.05, 4.69) is 0 Å². The predicted molar refractivity (Wildman–Crippen MR) is 184 cm³/mol. The molecule has 9 rings (SSSR count). The summed E-state index contributed by atoms with van der Waals surface area (Å²) in [7, 11) is 0. The van der Waals surface area contributed by atoms with E-state index in [4.69, 9.17) is 26.3 Å². The molecule has 0 spiro atoms. The number of phenols is 1. The molecule has 0 bridgehead atoms. The molecule has 0 radical (unpaired) electrons. The zero-order valence-corrected chi connectivity index (χ0v) is 21.9. The van der Waals surface area contributed by atoms with Gasteiger partial charge in [0.05, 0.1) is 34.3 Å². The molecule has 0 saturated heterocycles. The van der Waals surface area contributed by atoms with Crippen LogP contribution >= 0.6 is 0 Å². The summed E-state index contributed by atoms with van der Waals surface area (Å²) in [5.41, 5.74) is -5.73. The molecule has 0 unspecified atom stereocenters. The van der Waals surface area contributed by atoms with Gasteiger partial charge in [0, 0.05) is 10.8 Å². The van der Waals surface area contributed by atoms with Gasteiger partial charge in [0.15, 0.2) is 0 Å². The van der Waals surface area contributed by atoms with Crippen LogP contribution in [-0.4, -0.2) is 5.11 Å². The summed E-state index contributed by atoms with van der Waals surface area (Å²) < 4.78 is 228. The summed E-state index contributed by atoms with van der Waals surface area (Å²) in [5.74, 6) is -1.23. The lowest BCUT2D eigenvalue weighted by atomic mass is 9.84. The maximum atomic E-state index is 11.3. The third-order valence-electron chi connectivity index (χ3n) is 7.06. The second kappa shape index (κ2) is 9.58. The van der Waals surface area contributed by atoms with Crippen molar-refractivity contribution in [3.8, 4) is 39.1 Å². The van der Waals surface area contributed by atoms with Crippen molar-refractivity contribution in [2.75, 3.05) is 0 Å². The van der Waals surface area contributed by atoms with Gasteiger partial charge in [0.2, 0.25) is 0 Å². The van der Waals surface area contributed by atoms with E-state index in [1.807, 2.05) is 0 Å². The van der Waals surface area contributed by atoms with Crippen LogP contribution < -0.4 is 0 Å². The molecule has 0 aliphatic rings. The summed E-state index contributed by atoms with van der Waals surface area (Å²) in [6, 6.07) is -23.1. The predicted octanol–water partition coefficient (Wildman–Crippen LogP) is 11.8. The maximum Gasteiger partial charge on any atom is 0.136 e. The number of hydrogen-bond donors (Lipinski definition) is 1. The number of furan rings is 1. The van der Waals surface area contributed by atoms with Gasteiger partial charge < -0.3 is 9.52 Å². The normalized spacial score (nSPS) is 19.7. The van der Waals surface area contributed by atoms with Gasteiger partial charge >= 0.3 is 0 Å². The fraction of sp³-hybridized carbons (Fsp3) is 0. The molecule has 0 amide bonds. The van der Waals surface area contributed by atoms with Crippen LogP contribution in [0.1, 0.15) is 34.3 Å². The van der Waals surface area contributed by atoms with Gasteiger partial charge in [-0.1, -0.05) is 121 Å². The molecule has 206 valence electrons. The van der Waals surface area contributed by atoms with E-state index in [9.17, 15) is 17.4 Å². The van der Waals surface area contributed by atoms with E-state index in [0.717, 1.165) is 0 Å². The largest absolute Gasteiger partial charge is 0.508 e. The first kappa shape index (κ1) is 10.4. The van der Waals surface area contributed by atoms with Gasteiger partial charge in [0.25, 0.3) is 0 Å². The first-order valence-corrected chi connectivity index (χ1v) is 12.9. The SMILES string of the molecule is [2H]c1c([2H])c(-c2c3c([2H])c([2H])c([2H])c([2H])c3c(-c3c([2H])c([2H])c([2H])c4oc5c([2H])c([2H])c([2H])c([2H])c5c34)c3c([2H])c([2H])c(O)c([2H])c23)c([2H])c([2H])c1-c1c([2H])c([2H])c2c([2H])c([2H])c([2H])c([2H])c2c1[2H]. The zero-order valence-electron chi connectivity index (χ0n) is 46.9. The summed E-state index contributed by atoms with van der Waals surface area (Å²) in [6.07, 6.45) is 0. The van der Waals surface area contributed by atoms with Gasteiger partial charge in [-0.05, 0) is 95.9 Å². The molecule has 1 aromatic heterocycles. The number of phenolic OH excluding ortho intramolecular Hbond substituents is 1. The van der Waals surface area contributed by atoms with Gasteiger partial charge in [-0.2, -0.15) is 0 Å². The third kappa shape index (κ3) is 3.75. The van der Waals surface area contributed by atoms with Crippen LogP contribution in [0.4, 0.5) is 0 Å². The number of benzene rings is 8. The van der Waals surface area contributed by atoms with Crippen molar-refractivity contribution in [3.63, 3.8) is 0 Å². The highest BCUT2D eigenvalue weighted by atomic mass is 16.3. The smallest absolute Gasteiger partial charge is 0.136 e. The zero-order chi connectivity index (χ0) is 51.0. The Morgan fingerprint density at radius 2 is 1.07 bits per heavy atom. The van der Waals surface area contributed by atoms with Crippen molar-refractivity contribution in [2.24, 2.45) is 0 Å². The van der Waals surface area contributed by atoms with Crippen molar-refractivity contribution in [3.05, 3.63) is 151 Å². The highest BCUT2D eigenvalue weighted by Crippen LogP contribution is 2.47. The molecule has 8 aromatic carbocycles. The number of aromatic hydroxyl groups is 1. The minimum Gasteiger partial charge on any atom is -0.508 e. The Kier molecular flexibility index (Phi) is 2.26. The average molecular weight is 588 g/mol. The van der Waals surface area contributed by atoms with Crippen LogP contribution in [0.2, 0.25) is 0 Å². The quantitative estimate of drug-likeness (QED) is 0.209. The molecule has 2 nitrogen and oxygen atoms in total. The monoisotopic (exact) mass is 587 g/mol. The van der Waals surface area contributed by atoms with Crippen LogP contribution in [0.3, 0.4) is 0 Å². The Hall–Kier alpha value is -5.86. The Morgan fingerprint density at radius 1 is 0.432 bits per heavy atom. The second-order valence-electron chi connectivity index (χ2n) is 9.48. The maximum absolute atomic E-state index is 11.3. The fourth-order valence-electron chi connectivity index (χ4n) is 5.22. The molecule has 0 saturated carbocycles. The Balaban J connectivity index is 1.57. The van der Waals surface area contributed by atoms with Crippen LogP contribution in [0, 0.1) is 0 Å². The topological polar surface area (TPSA) is 33.4 Å². The lowest BCUT2D eigenvalue weighted by Gasteiger charge is -2.18. The third-order valence-corrected chi connectivity index (χ3v) is 7.06. The molecule has 1 heterocycles. The van der Waals surface area contributed by atoms with Crippen molar-refractivity contribution in [2.45, 2.75) is 0 Å². The van der Waals surface area contributed by atoms with Gasteiger partial charge in [-0.25, -0.2) is 0 Å². The Morgan fingerprint density at radius 3 is 1.91 bits per heavy atom. The van der Waals surface area contributed by atoms with Crippen LogP contribution in [0.15, 0.2) is 155 Å². The molecular weight excluding hydrogens is 536 g/mol. The Labute approximate surface area is 289 Å². The molecule has 0 aliphatic carbocycles. The van der Waals surface area contributed by atoms with E-state index in [-0.39, 0.29) is 0 Å². The molecule has 44 heavy (non-hydrogen) atoms. The summed E-state index contributed by atoms with van der Waals surface area (Å²) in [4.78, 5) is 0. The number of hydrogen-bond acceptors (Lipinski definition) is 2. The van der Waals surface area contributed by atoms with E-state index in [0.29, 0.717) is 0 Å². The Bertz CT molecular complexity index is 3860. The number of para-hydroxylation sites is 1. The van der Waals surface area contributed by atoms with E-state index < -0.39 is 244 Å². The number of rotatable bonds is 3. The minimum atomic E-state index is -1.23. The van der Waals surface area contributed by atoms with Crippen LogP contribution in [-0.2, 0) is 0 Å². The van der Waals surface area contributed by atoms with Crippen molar-refractivity contribution in [1.82, 2.24) is 0 Å². The highest BCUT2D eigenvalue weighted by molar-refractivity contribution is 6.25. The van der Waals surface area contributed by atoms with Crippen LogP contribution in [0.5, 0.6) is 5.75 Å². The van der Waals surface area contributed by atoms with E-state index in [1.54, 1.807) is 0 Å². The molecule has 2 heteroatoms. The standard InChI is InChI=1S/C42H26O2/c43-31-22-23-34-37(25-31)40(28-19-16-27(17-20-28)30-21-18-26-8-1-2-9-29(26)24-30)32-10-3-4-11-33(32)41(34)36-13-7-15-39-42(36)35-12-5-6-14-38(35)44-39/h1-25,43H/i1D,2D,3D,4D,5D,6D,7D,8D,9D,10D,11D,12D,13D,14D,15D,16D,17D,18D,19D,20D,21D,22D,23D,24D,25D. The van der Waals surface area contributed by atoms with Crippen molar-refractivity contribution in [1.29, 1.82) is 0 Å². The van der Waals surface area contributed by atoms with Crippen molar-refractivity contribution < 1.29 is 43.8 Å². The molecule has 0 fully saturated rings. The number of fused-ring (bicyclic) bond motifs is 6. The average Bonchev–Trinajstić information content (AvgIpc) is 3.72. The molecule has 0 aliphatic heterocycles. The summed E-state index contributed by atoms with van der Waals surface area (Å²) >= 11 is 0. The molecule has 0 atom stereocenters. The first-order chi connectivity index (χ1) is 32.2. The highest BCUT2D eigenvalue weighted by Gasteiger charge is 2.20. The van der Waals surface area contributed by atoms with E-state index >= 15 is 0 Å². The van der Waals surface area contributed by atoms with Crippen LogP contribution in [0.25, 0.3) is 87.6 Å². The lowest BCUT2D eigenvalue weighted by Crippen LogP contribution is -1.91. The van der Waals surface area contributed by atoms with E-state index in [1.165, 1.54) is 0 Å². The fourth-order valence-corrected chi connectivity index (χ4v) is 5.22. The molecule has 9 aromatic rings. The van der Waals surface area contributed by atoms with Gasteiger partial charge in [0.1, 0.15) is 16.9 Å². The second-order valence-corrected chi connectivity index (χ2v) is 9.48.